The van der Waals surface area contributed by atoms with Crippen molar-refractivity contribution in [3.8, 4) is 16.6 Å². The minimum absolute atomic E-state index is 0.723. The smallest absolute Gasteiger partial charge is 0.110 e. The van der Waals surface area contributed by atoms with Gasteiger partial charge in [-0.2, -0.15) is 10.4 Å². The summed E-state index contributed by atoms with van der Waals surface area (Å²) >= 11 is 1.46. The summed E-state index contributed by atoms with van der Waals surface area (Å²) in [5, 5.41) is 12.9. The van der Waals surface area contributed by atoms with Gasteiger partial charge in [0, 0.05) is 13.2 Å². The molecule has 4 heteroatoms. The quantitative estimate of drug-likeness (QED) is 0.622. The Morgan fingerprint density at radius 2 is 1.73 bits per heavy atom. The zero-order valence-electron chi connectivity index (χ0n) is 14.5. The van der Waals surface area contributed by atoms with Crippen molar-refractivity contribution in [3.63, 3.8) is 0 Å². The van der Waals surface area contributed by atoms with Crippen molar-refractivity contribution in [2.45, 2.75) is 34.6 Å². The van der Waals surface area contributed by atoms with E-state index in [1.165, 1.54) is 11.3 Å². The normalized spacial score (nSPS) is 8.41. The van der Waals surface area contributed by atoms with E-state index in [0.29, 0.717) is 0 Å². The first-order valence-electron chi connectivity index (χ1n) is 7.27. The van der Waals surface area contributed by atoms with E-state index in [1.807, 2.05) is 78.2 Å². The molecule has 2 heterocycles. The summed E-state index contributed by atoms with van der Waals surface area (Å²) < 4.78 is 1.75. The average molecular weight is 318 g/mol. The molecule has 0 unspecified atom stereocenters. The molecule has 0 amide bonds. The lowest BCUT2D eigenvalue weighted by atomic mass is 10.3. The molecule has 0 aromatic carbocycles. The highest BCUT2D eigenvalue weighted by molar-refractivity contribution is 7.15. The molecule has 0 fully saturated rings. The minimum atomic E-state index is 0.723. The molecule has 3 nitrogen and oxygen atoms in total. The fraction of sp³-hybridized carbons (Fsp3) is 0.333. The predicted molar refractivity (Wildman–Crippen MR) is 98.9 cm³/mol. The number of hydrogen-bond acceptors (Lipinski definition) is 3. The Labute approximate surface area is 139 Å². The summed E-state index contributed by atoms with van der Waals surface area (Å²) in [7, 11) is 1.88. The average Bonchev–Trinajstić information content (AvgIpc) is 3.19. The zero-order valence-corrected chi connectivity index (χ0v) is 15.3. The molecule has 0 saturated carbocycles. The maximum Gasteiger partial charge on any atom is 0.110 e. The second-order valence-electron chi connectivity index (χ2n) is 3.73. The van der Waals surface area contributed by atoms with Gasteiger partial charge in [-0.3, -0.25) is 4.68 Å². The maximum absolute atomic E-state index is 8.64. The van der Waals surface area contributed by atoms with Crippen LogP contribution in [0.15, 0.2) is 49.2 Å². The number of hydrogen-bond donors (Lipinski definition) is 0. The molecule has 0 aliphatic carbocycles. The van der Waals surface area contributed by atoms with Crippen LogP contribution in [0.3, 0.4) is 0 Å². The van der Waals surface area contributed by atoms with Crippen LogP contribution in [0.4, 0.5) is 0 Å². The van der Waals surface area contributed by atoms with E-state index in [-0.39, 0.29) is 0 Å². The molecular weight excluding hydrogens is 290 g/mol. The number of nitrogens with zero attached hydrogens (tertiary/aromatic N) is 3. The van der Waals surface area contributed by atoms with Crippen molar-refractivity contribution in [2.75, 3.05) is 0 Å². The first kappa shape index (κ1) is 22.2. The largest absolute Gasteiger partial charge is 0.275 e. The fourth-order valence-corrected chi connectivity index (χ4v) is 1.85. The lowest BCUT2D eigenvalue weighted by Crippen LogP contribution is -1.86. The van der Waals surface area contributed by atoms with Crippen LogP contribution < -0.4 is 0 Å². The van der Waals surface area contributed by atoms with Gasteiger partial charge in [0.1, 0.15) is 16.6 Å². The van der Waals surface area contributed by atoms with Crippen molar-refractivity contribution < 1.29 is 0 Å². The van der Waals surface area contributed by atoms with Crippen molar-refractivity contribution >= 4 is 11.3 Å². The molecule has 2 rings (SSSR count). The lowest BCUT2D eigenvalue weighted by molar-refractivity contribution is 0.771. The highest BCUT2D eigenvalue weighted by Gasteiger charge is 2.04. The van der Waals surface area contributed by atoms with Crippen LogP contribution >= 0.6 is 11.3 Å². The third-order valence-electron chi connectivity index (χ3n) is 2.02. The Hall–Kier alpha value is -2.12. The molecule has 0 atom stereocenters. The summed E-state index contributed by atoms with van der Waals surface area (Å²) in [4.78, 5) is 1.76. The Morgan fingerprint density at radius 1 is 1.18 bits per heavy atom. The first-order valence-corrected chi connectivity index (χ1v) is 8.08. The molecule has 0 radical (unpaired) electrons. The number of aryl methyl sites for hydroxylation is 1. The number of allylic oxidation sites excluding steroid dienone is 3. The predicted octanol–water partition coefficient (Wildman–Crippen LogP) is 5.82. The van der Waals surface area contributed by atoms with Crippen LogP contribution in [0.2, 0.25) is 0 Å². The van der Waals surface area contributed by atoms with Crippen LogP contribution in [-0.4, -0.2) is 9.78 Å². The van der Waals surface area contributed by atoms with Crippen LogP contribution in [0, 0.1) is 11.3 Å². The van der Waals surface area contributed by atoms with Crippen LogP contribution in [0.25, 0.3) is 10.6 Å². The second kappa shape index (κ2) is 15.3. The van der Waals surface area contributed by atoms with Crippen molar-refractivity contribution in [1.82, 2.24) is 9.78 Å². The van der Waals surface area contributed by atoms with Gasteiger partial charge in [0.25, 0.3) is 0 Å². The van der Waals surface area contributed by atoms with E-state index in [2.05, 4.69) is 17.7 Å². The van der Waals surface area contributed by atoms with Crippen LogP contribution in [-0.2, 0) is 7.05 Å². The van der Waals surface area contributed by atoms with Crippen molar-refractivity contribution in [1.29, 1.82) is 5.26 Å². The Bertz CT molecular complexity index is 567. The second-order valence-corrected chi connectivity index (χ2v) is 4.81. The third kappa shape index (κ3) is 9.73. The molecule has 2 aromatic heterocycles. The lowest BCUT2D eigenvalue weighted by Gasteiger charge is -1.87. The van der Waals surface area contributed by atoms with Crippen molar-refractivity contribution in [3.05, 3.63) is 54.1 Å². The van der Waals surface area contributed by atoms with E-state index in [1.54, 1.807) is 10.8 Å². The number of rotatable bonds is 1. The van der Waals surface area contributed by atoms with Gasteiger partial charge in [0.2, 0.25) is 0 Å². The molecule has 22 heavy (non-hydrogen) atoms. The summed E-state index contributed by atoms with van der Waals surface area (Å²) in [5.74, 6) is 0. The number of aromatic nitrogens is 2. The SMILES string of the molecule is C/C=C\C.C=CC.CC.Cn1ccc(-c2ccc(C#N)s2)n1. The molecule has 0 aliphatic rings. The third-order valence-corrected chi connectivity index (χ3v) is 3.03. The highest BCUT2D eigenvalue weighted by Crippen LogP contribution is 2.25. The number of thiophene rings is 1. The van der Waals surface area contributed by atoms with E-state index in [9.17, 15) is 0 Å². The Balaban J connectivity index is 0. The Morgan fingerprint density at radius 3 is 2.05 bits per heavy atom. The van der Waals surface area contributed by atoms with Crippen LogP contribution in [0.1, 0.15) is 39.5 Å². The Kier molecular flexibility index (Phi) is 15.4. The molecule has 0 saturated heterocycles. The monoisotopic (exact) mass is 317 g/mol. The fourth-order valence-electron chi connectivity index (χ4n) is 1.08. The van der Waals surface area contributed by atoms with Gasteiger partial charge in [-0.05, 0) is 39.0 Å². The van der Waals surface area contributed by atoms with Gasteiger partial charge >= 0.3 is 0 Å². The van der Waals surface area contributed by atoms with E-state index in [4.69, 9.17) is 5.26 Å². The minimum Gasteiger partial charge on any atom is -0.275 e. The van der Waals surface area contributed by atoms with Gasteiger partial charge in [-0.25, -0.2) is 0 Å². The zero-order chi connectivity index (χ0) is 17.4. The van der Waals surface area contributed by atoms with Gasteiger partial charge in [-0.1, -0.05) is 32.1 Å². The molecule has 2 aromatic rings. The molecule has 120 valence electrons. The molecular formula is C18H27N3S. The summed E-state index contributed by atoms with van der Waals surface area (Å²) in [6.45, 7) is 13.2. The summed E-state index contributed by atoms with van der Waals surface area (Å²) in [6.07, 6.45) is 7.64. The van der Waals surface area contributed by atoms with E-state index in [0.717, 1.165) is 15.4 Å². The molecule has 0 bridgehead atoms. The molecule has 0 N–H and O–H groups in total. The van der Waals surface area contributed by atoms with Gasteiger partial charge in [0.15, 0.2) is 0 Å². The van der Waals surface area contributed by atoms with E-state index >= 15 is 0 Å². The number of nitriles is 1. The molecule has 0 aliphatic heterocycles. The van der Waals surface area contributed by atoms with Gasteiger partial charge in [-0.15, -0.1) is 17.9 Å². The summed E-state index contributed by atoms with van der Waals surface area (Å²) in [6, 6.07) is 7.78. The first-order chi connectivity index (χ1) is 10.6. The van der Waals surface area contributed by atoms with Crippen LogP contribution in [0.5, 0.6) is 0 Å². The summed E-state index contributed by atoms with van der Waals surface area (Å²) in [5.41, 5.74) is 0.925. The van der Waals surface area contributed by atoms with Gasteiger partial charge < -0.3 is 0 Å². The maximum atomic E-state index is 8.64. The highest BCUT2D eigenvalue weighted by atomic mass is 32.1. The standard InChI is InChI=1S/C9H7N3S.C4H8.C3H6.C2H6/c1-12-5-4-8(11-12)9-3-2-7(6-10)13-9;1-3-4-2;1-3-2;1-2/h2-5H,1H3;3-4H,1-2H3;3H,1H2,2H3;1-2H3/b;4-3-;;. The topological polar surface area (TPSA) is 41.6 Å². The molecule has 0 spiro atoms. The van der Waals surface area contributed by atoms with Crippen molar-refractivity contribution in [2.24, 2.45) is 7.05 Å². The van der Waals surface area contributed by atoms with Gasteiger partial charge in [0.05, 0.1) is 4.88 Å². The van der Waals surface area contributed by atoms with E-state index < -0.39 is 0 Å².